The molecule has 6 rings (SSSR count). The Hall–Kier alpha value is -3.36. The van der Waals surface area contributed by atoms with Crippen molar-refractivity contribution in [3.8, 4) is 11.3 Å². The molecule has 10 nitrogen and oxygen atoms in total. The van der Waals surface area contributed by atoms with E-state index in [1.807, 2.05) is 12.3 Å². The summed E-state index contributed by atoms with van der Waals surface area (Å²) in [6, 6.07) is 7.68. The molecule has 1 saturated heterocycles. The van der Waals surface area contributed by atoms with Gasteiger partial charge in [-0.1, -0.05) is 6.92 Å². The van der Waals surface area contributed by atoms with Gasteiger partial charge < -0.3 is 19.9 Å². The fourth-order valence-electron chi connectivity index (χ4n) is 6.79. The summed E-state index contributed by atoms with van der Waals surface area (Å²) in [5.41, 5.74) is 9.70. The van der Waals surface area contributed by atoms with Crippen LogP contribution < -0.4 is 5.73 Å². The van der Waals surface area contributed by atoms with Gasteiger partial charge in [0.05, 0.1) is 54.1 Å². The van der Waals surface area contributed by atoms with Gasteiger partial charge in [-0.05, 0) is 84.5 Å². The molecule has 0 spiro atoms. The Morgan fingerprint density at radius 2 is 1.83 bits per heavy atom. The van der Waals surface area contributed by atoms with Crippen LogP contribution in [0.2, 0.25) is 0 Å². The highest BCUT2D eigenvalue weighted by Gasteiger charge is 2.36. The highest BCUT2D eigenvalue weighted by molar-refractivity contribution is 7.90. The molecule has 1 aliphatic carbocycles. The van der Waals surface area contributed by atoms with Crippen LogP contribution in [0, 0.1) is 17.6 Å². The zero-order chi connectivity index (χ0) is 33.1. The van der Waals surface area contributed by atoms with E-state index < -0.39 is 21.5 Å². The molecule has 4 aromatic rings. The smallest absolute Gasteiger partial charge is 0.149 e. The number of sulfone groups is 1. The molecule has 4 atom stereocenters. The summed E-state index contributed by atoms with van der Waals surface area (Å²) < 4.78 is 72.6. The molecule has 13 heteroatoms. The number of imidazole rings is 1. The minimum atomic E-state index is -3.12. The molecule has 2 fully saturated rings. The first-order chi connectivity index (χ1) is 22.6. The first-order valence-corrected chi connectivity index (χ1v) is 18.1. The summed E-state index contributed by atoms with van der Waals surface area (Å²) in [7, 11) is -3.12. The minimum absolute atomic E-state index is 0.0153. The molecule has 252 valence electrons. The van der Waals surface area contributed by atoms with Crippen molar-refractivity contribution >= 4 is 15.4 Å². The fourth-order valence-corrected chi connectivity index (χ4v) is 7.19. The third kappa shape index (κ3) is 8.03. The van der Waals surface area contributed by atoms with Gasteiger partial charge in [0, 0.05) is 44.3 Å². The maximum atomic E-state index is 15.4. The lowest BCUT2D eigenvalue weighted by Gasteiger charge is -2.39. The number of nitrogens with zero attached hydrogens (tertiary/aromatic N) is 4. The highest BCUT2D eigenvalue weighted by Crippen LogP contribution is 2.38. The van der Waals surface area contributed by atoms with E-state index in [0.29, 0.717) is 43.0 Å². The molecule has 2 aliphatic rings. The maximum Gasteiger partial charge on any atom is 0.149 e. The first-order valence-electron chi connectivity index (χ1n) is 16.0. The number of hydrogen-bond acceptors (Lipinski definition) is 9. The van der Waals surface area contributed by atoms with E-state index in [0.717, 1.165) is 30.4 Å². The van der Waals surface area contributed by atoms with E-state index in [9.17, 15) is 8.42 Å². The van der Waals surface area contributed by atoms with Crippen LogP contribution in [0.25, 0.3) is 16.8 Å². The normalized spacial score (nSPS) is 22.6. The molecule has 2 N–H and O–H groups in total. The zero-order valence-corrected chi connectivity index (χ0v) is 27.5. The van der Waals surface area contributed by atoms with Crippen molar-refractivity contribution in [3.63, 3.8) is 0 Å². The zero-order valence-electron chi connectivity index (χ0n) is 26.6. The second-order valence-corrected chi connectivity index (χ2v) is 15.1. The van der Waals surface area contributed by atoms with Gasteiger partial charge in [-0.15, -0.1) is 0 Å². The van der Waals surface area contributed by atoms with E-state index in [4.69, 9.17) is 19.9 Å². The van der Waals surface area contributed by atoms with E-state index in [1.54, 1.807) is 29.0 Å². The van der Waals surface area contributed by atoms with E-state index in [2.05, 4.69) is 22.0 Å². The van der Waals surface area contributed by atoms with Crippen molar-refractivity contribution in [1.82, 2.24) is 19.6 Å². The van der Waals surface area contributed by atoms with Crippen LogP contribution in [0.15, 0.2) is 48.9 Å². The van der Waals surface area contributed by atoms with Crippen molar-refractivity contribution in [2.45, 2.75) is 69.8 Å². The van der Waals surface area contributed by atoms with Gasteiger partial charge in [0.1, 0.15) is 27.3 Å². The van der Waals surface area contributed by atoms with Crippen LogP contribution in [-0.2, 0) is 37.1 Å². The SMILES string of the molecule is C[C@H]1C[C@@H](c2ccncc2Cc2ncc3ccc(-c4c(F)cc(COC5CCOCC5)cc4F)nn23)C[C@@H](N)[C@H]1OCCS(C)(=O)=O. The number of halogens is 2. The lowest BCUT2D eigenvalue weighted by molar-refractivity contribution is -0.0391. The summed E-state index contributed by atoms with van der Waals surface area (Å²) >= 11 is 0. The topological polar surface area (TPSA) is 131 Å². The largest absolute Gasteiger partial charge is 0.381 e. The fraction of sp³-hybridized carbons (Fsp3) is 0.500. The number of pyridine rings is 1. The van der Waals surface area contributed by atoms with Gasteiger partial charge in [-0.25, -0.2) is 26.7 Å². The quantitative estimate of drug-likeness (QED) is 0.243. The number of nitrogens with two attached hydrogens (primary N) is 1. The molecule has 3 aromatic heterocycles. The van der Waals surface area contributed by atoms with E-state index in [1.165, 1.54) is 18.4 Å². The van der Waals surface area contributed by atoms with Crippen LogP contribution in [0.5, 0.6) is 0 Å². The summed E-state index contributed by atoms with van der Waals surface area (Å²) in [5.74, 6) is -0.593. The predicted octanol–water partition coefficient (Wildman–Crippen LogP) is 4.63. The average molecular weight is 670 g/mol. The molecule has 1 saturated carbocycles. The highest BCUT2D eigenvalue weighted by atomic mass is 32.2. The van der Waals surface area contributed by atoms with E-state index >= 15 is 8.78 Å². The Morgan fingerprint density at radius 3 is 2.55 bits per heavy atom. The molecule has 1 aliphatic heterocycles. The number of aromatic nitrogens is 4. The Bertz CT molecular complexity index is 1780. The second kappa shape index (κ2) is 14.4. The third-order valence-corrected chi connectivity index (χ3v) is 10.1. The van der Waals surface area contributed by atoms with Crippen LogP contribution in [-0.4, -0.2) is 78.1 Å². The van der Waals surface area contributed by atoms with Crippen LogP contribution in [0.4, 0.5) is 8.78 Å². The van der Waals surface area contributed by atoms with Gasteiger partial charge in [0.25, 0.3) is 0 Å². The first kappa shape index (κ1) is 33.5. The standard InChI is InChI=1S/C34H41F2N5O5S/c1-21-13-23(16-30(37)34(21)45-11-12-47(2,42)43)27-5-8-38-18-24(27)17-32-39-19-25-3-4-31(40-41(25)32)33-28(35)14-22(15-29(33)36)20-46-26-6-9-44-10-7-26/h3-5,8,14-15,18-19,21,23,26,30,34H,6-7,9-13,16-17,20,37H2,1-2H3/t21-,23+,30+,34-/m0/s1. The Morgan fingerprint density at radius 1 is 1.06 bits per heavy atom. The molecule has 4 heterocycles. The van der Waals surface area contributed by atoms with Gasteiger partial charge in [-0.3, -0.25) is 4.98 Å². The van der Waals surface area contributed by atoms with Crippen molar-refractivity contribution in [1.29, 1.82) is 0 Å². The van der Waals surface area contributed by atoms with Crippen molar-refractivity contribution in [2.24, 2.45) is 11.7 Å². The Balaban J connectivity index is 1.19. The van der Waals surface area contributed by atoms with Crippen LogP contribution in [0.1, 0.15) is 61.0 Å². The molecule has 0 unspecified atom stereocenters. The van der Waals surface area contributed by atoms with E-state index in [-0.39, 0.29) is 60.3 Å². The number of fused-ring (bicyclic) bond motifs is 1. The molecule has 47 heavy (non-hydrogen) atoms. The summed E-state index contributed by atoms with van der Waals surface area (Å²) in [6.07, 6.45) is 9.64. The molecule has 0 bridgehead atoms. The third-order valence-electron chi connectivity index (χ3n) is 9.16. The molecular formula is C34H41F2N5O5S. The van der Waals surface area contributed by atoms with Crippen LogP contribution >= 0.6 is 0 Å². The molecule has 0 amide bonds. The molecular weight excluding hydrogens is 628 g/mol. The van der Waals surface area contributed by atoms with Gasteiger partial charge >= 0.3 is 0 Å². The van der Waals surface area contributed by atoms with Gasteiger partial charge in [-0.2, -0.15) is 5.10 Å². The maximum absolute atomic E-state index is 15.4. The number of ether oxygens (including phenoxy) is 3. The number of rotatable bonds is 11. The van der Waals surface area contributed by atoms with Gasteiger partial charge in [0.2, 0.25) is 0 Å². The van der Waals surface area contributed by atoms with Crippen LogP contribution in [0.3, 0.4) is 0 Å². The summed E-state index contributed by atoms with van der Waals surface area (Å²) in [5, 5.41) is 4.62. The Kier molecular flexibility index (Phi) is 10.3. The predicted molar refractivity (Wildman–Crippen MR) is 173 cm³/mol. The Labute approximate surface area is 273 Å². The minimum Gasteiger partial charge on any atom is -0.381 e. The monoisotopic (exact) mass is 669 g/mol. The summed E-state index contributed by atoms with van der Waals surface area (Å²) in [4.78, 5) is 8.97. The molecule has 0 radical (unpaired) electrons. The average Bonchev–Trinajstić information content (AvgIpc) is 3.43. The summed E-state index contributed by atoms with van der Waals surface area (Å²) in [6.45, 7) is 3.57. The van der Waals surface area contributed by atoms with Crippen molar-refractivity contribution in [3.05, 3.63) is 83.1 Å². The van der Waals surface area contributed by atoms with Crippen molar-refractivity contribution in [2.75, 3.05) is 31.8 Å². The lowest BCUT2D eigenvalue weighted by atomic mass is 9.73. The second-order valence-electron chi connectivity index (χ2n) is 12.8. The lowest BCUT2D eigenvalue weighted by Crippen LogP contribution is -2.47. The van der Waals surface area contributed by atoms with Crippen molar-refractivity contribution < 1.29 is 31.4 Å². The molecule has 1 aromatic carbocycles. The van der Waals surface area contributed by atoms with Gasteiger partial charge in [0.15, 0.2) is 0 Å². The number of hydrogen-bond donors (Lipinski definition) is 1. The number of benzene rings is 1.